The number of anilines is 2. The van der Waals surface area contributed by atoms with Crippen molar-refractivity contribution in [3.05, 3.63) is 60.0 Å². The number of fused-ring (bicyclic) bond motifs is 1. The van der Waals surface area contributed by atoms with Crippen molar-refractivity contribution in [3.63, 3.8) is 0 Å². The first kappa shape index (κ1) is 14.8. The van der Waals surface area contributed by atoms with E-state index in [1.807, 2.05) is 23.7 Å². The normalized spacial score (nSPS) is 10.5. The summed E-state index contributed by atoms with van der Waals surface area (Å²) in [6, 6.07) is 10.5. The second-order valence-electron chi connectivity index (χ2n) is 5.25. The molecule has 0 saturated heterocycles. The molecule has 0 saturated carbocycles. The highest BCUT2D eigenvalue weighted by molar-refractivity contribution is 6.08. The van der Waals surface area contributed by atoms with Gasteiger partial charge in [-0.15, -0.1) is 0 Å². The van der Waals surface area contributed by atoms with Crippen LogP contribution >= 0.6 is 0 Å². The van der Waals surface area contributed by atoms with Crippen LogP contribution in [-0.2, 0) is 4.79 Å². The van der Waals surface area contributed by atoms with E-state index in [0.717, 1.165) is 5.69 Å². The summed E-state index contributed by atoms with van der Waals surface area (Å²) in [5, 5.41) is 5.51. The maximum absolute atomic E-state index is 12.5. The Morgan fingerprint density at radius 2 is 1.83 bits per heavy atom. The molecule has 0 aliphatic heterocycles. The predicted octanol–water partition coefficient (Wildman–Crippen LogP) is 2.85. The third kappa shape index (κ3) is 3.21. The standard InChI is InChI=1S/C17H16N4O2/c1-11-10-21-8-4-7-15(16(21)18-11)17(23)20-14-6-3-5-13(9-14)19-12(2)22/h3-10H,1-2H3,(H,19,22)(H,20,23). The second kappa shape index (κ2) is 5.92. The first-order valence-electron chi connectivity index (χ1n) is 7.16. The summed E-state index contributed by atoms with van der Waals surface area (Å²) in [5.41, 5.74) is 3.18. The van der Waals surface area contributed by atoms with E-state index in [4.69, 9.17) is 0 Å². The van der Waals surface area contributed by atoms with Gasteiger partial charge in [0.05, 0.1) is 11.3 Å². The van der Waals surface area contributed by atoms with E-state index in [0.29, 0.717) is 22.6 Å². The third-order valence-corrected chi connectivity index (χ3v) is 3.29. The van der Waals surface area contributed by atoms with Crippen LogP contribution in [0, 0.1) is 6.92 Å². The predicted molar refractivity (Wildman–Crippen MR) is 88.6 cm³/mol. The number of nitrogens with one attached hydrogen (secondary N) is 2. The fourth-order valence-corrected chi connectivity index (χ4v) is 2.39. The number of hydrogen-bond acceptors (Lipinski definition) is 3. The molecule has 0 atom stereocenters. The van der Waals surface area contributed by atoms with Crippen LogP contribution in [0.25, 0.3) is 5.65 Å². The van der Waals surface area contributed by atoms with Crippen molar-refractivity contribution < 1.29 is 9.59 Å². The molecule has 2 amide bonds. The maximum atomic E-state index is 12.5. The largest absolute Gasteiger partial charge is 0.326 e. The summed E-state index contributed by atoms with van der Waals surface area (Å²) in [6.45, 7) is 3.32. The number of nitrogens with zero attached hydrogens (tertiary/aromatic N) is 2. The zero-order chi connectivity index (χ0) is 16.4. The van der Waals surface area contributed by atoms with Crippen molar-refractivity contribution in [3.8, 4) is 0 Å². The van der Waals surface area contributed by atoms with Crippen molar-refractivity contribution in [1.29, 1.82) is 0 Å². The number of carbonyl (C=O) groups is 2. The van der Waals surface area contributed by atoms with Gasteiger partial charge >= 0.3 is 0 Å². The number of carbonyl (C=O) groups excluding carboxylic acids is 2. The summed E-state index contributed by atoms with van der Waals surface area (Å²) in [7, 11) is 0. The van der Waals surface area contributed by atoms with Crippen LogP contribution in [0.3, 0.4) is 0 Å². The van der Waals surface area contributed by atoms with Gasteiger partial charge in [0, 0.05) is 30.7 Å². The van der Waals surface area contributed by atoms with Crippen LogP contribution in [0.4, 0.5) is 11.4 Å². The fraction of sp³-hybridized carbons (Fsp3) is 0.118. The molecule has 0 radical (unpaired) electrons. The Morgan fingerprint density at radius 3 is 2.57 bits per heavy atom. The number of imidazole rings is 1. The Labute approximate surface area is 133 Å². The Balaban J connectivity index is 1.87. The summed E-state index contributed by atoms with van der Waals surface area (Å²) in [4.78, 5) is 28.0. The first-order chi connectivity index (χ1) is 11.0. The van der Waals surface area contributed by atoms with E-state index in [1.165, 1.54) is 6.92 Å². The lowest BCUT2D eigenvalue weighted by molar-refractivity contribution is -0.114. The SMILES string of the molecule is CC(=O)Nc1cccc(NC(=O)c2cccn3cc(C)nc23)c1. The Bertz CT molecular complexity index is 898. The first-order valence-corrected chi connectivity index (χ1v) is 7.16. The van der Waals surface area contributed by atoms with Crippen LogP contribution < -0.4 is 10.6 Å². The molecule has 2 aromatic heterocycles. The monoisotopic (exact) mass is 308 g/mol. The molecule has 2 N–H and O–H groups in total. The molecule has 6 nitrogen and oxygen atoms in total. The highest BCUT2D eigenvalue weighted by Crippen LogP contribution is 2.17. The van der Waals surface area contributed by atoms with Gasteiger partial charge in [-0.05, 0) is 37.3 Å². The number of rotatable bonds is 3. The zero-order valence-electron chi connectivity index (χ0n) is 12.8. The fourth-order valence-electron chi connectivity index (χ4n) is 2.39. The summed E-state index contributed by atoms with van der Waals surface area (Å²) in [6.07, 6.45) is 3.72. The van der Waals surface area contributed by atoms with Gasteiger partial charge in [0.25, 0.3) is 5.91 Å². The van der Waals surface area contributed by atoms with Crippen molar-refractivity contribution in [2.45, 2.75) is 13.8 Å². The highest BCUT2D eigenvalue weighted by Gasteiger charge is 2.12. The van der Waals surface area contributed by atoms with Crippen molar-refractivity contribution >= 4 is 28.8 Å². The molecule has 23 heavy (non-hydrogen) atoms. The number of benzene rings is 1. The molecule has 0 spiro atoms. The Kier molecular flexibility index (Phi) is 3.80. The van der Waals surface area contributed by atoms with Crippen LogP contribution in [0.15, 0.2) is 48.8 Å². The molecule has 0 bridgehead atoms. The van der Waals surface area contributed by atoms with E-state index in [2.05, 4.69) is 15.6 Å². The summed E-state index contributed by atoms with van der Waals surface area (Å²) < 4.78 is 1.82. The van der Waals surface area contributed by atoms with Crippen molar-refractivity contribution in [1.82, 2.24) is 9.38 Å². The number of aromatic nitrogens is 2. The lowest BCUT2D eigenvalue weighted by atomic mass is 10.2. The molecular formula is C17H16N4O2. The smallest absolute Gasteiger partial charge is 0.259 e. The lowest BCUT2D eigenvalue weighted by Gasteiger charge is -2.08. The Morgan fingerprint density at radius 1 is 1.09 bits per heavy atom. The maximum Gasteiger partial charge on any atom is 0.259 e. The lowest BCUT2D eigenvalue weighted by Crippen LogP contribution is -2.14. The van der Waals surface area contributed by atoms with Crippen LogP contribution in [-0.4, -0.2) is 21.2 Å². The van der Waals surface area contributed by atoms with Gasteiger partial charge in [0.2, 0.25) is 5.91 Å². The van der Waals surface area contributed by atoms with Gasteiger partial charge in [-0.3, -0.25) is 9.59 Å². The number of hydrogen-bond donors (Lipinski definition) is 2. The van der Waals surface area contributed by atoms with Gasteiger partial charge < -0.3 is 15.0 Å². The molecule has 1 aromatic carbocycles. The minimum Gasteiger partial charge on any atom is -0.326 e. The zero-order valence-corrected chi connectivity index (χ0v) is 12.8. The molecule has 2 heterocycles. The number of pyridine rings is 1. The summed E-state index contributed by atoms with van der Waals surface area (Å²) >= 11 is 0. The molecule has 0 unspecified atom stereocenters. The van der Waals surface area contributed by atoms with Crippen LogP contribution in [0.2, 0.25) is 0 Å². The van der Waals surface area contributed by atoms with Crippen molar-refractivity contribution in [2.75, 3.05) is 10.6 Å². The van der Waals surface area contributed by atoms with Crippen LogP contribution in [0.5, 0.6) is 0 Å². The second-order valence-corrected chi connectivity index (χ2v) is 5.25. The minimum absolute atomic E-state index is 0.161. The summed E-state index contributed by atoms with van der Waals surface area (Å²) in [5.74, 6) is -0.410. The van der Waals surface area contributed by atoms with Crippen molar-refractivity contribution in [2.24, 2.45) is 0 Å². The van der Waals surface area contributed by atoms with E-state index in [1.54, 1.807) is 36.4 Å². The molecule has 3 rings (SSSR count). The van der Waals surface area contributed by atoms with Gasteiger partial charge in [0.1, 0.15) is 5.65 Å². The van der Waals surface area contributed by atoms with Gasteiger partial charge in [0.15, 0.2) is 0 Å². The number of aryl methyl sites for hydroxylation is 1. The van der Waals surface area contributed by atoms with Gasteiger partial charge in [-0.2, -0.15) is 0 Å². The molecule has 0 aliphatic carbocycles. The molecule has 3 aromatic rings. The van der Waals surface area contributed by atoms with Gasteiger partial charge in [-0.25, -0.2) is 4.98 Å². The third-order valence-electron chi connectivity index (χ3n) is 3.29. The van der Waals surface area contributed by atoms with E-state index in [9.17, 15) is 9.59 Å². The van der Waals surface area contributed by atoms with Gasteiger partial charge in [-0.1, -0.05) is 6.07 Å². The Hall–Kier alpha value is -3.15. The van der Waals surface area contributed by atoms with Crippen LogP contribution in [0.1, 0.15) is 23.0 Å². The molecule has 0 fully saturated rings. The molecule has 116 valence electrons. The average molecular weight is 308 g/mol. The molecule has 0 aliphatic rings. The average Bonchev–Trinajstić information content (AvgIpc) is 2.86. The number of amides is 2. The molecular weight excluding hydrogens is 292 g/mol. The highest BCUT2D eigenvalue weighted by atomic mass is 16.2. The van der Waals surface area contributed by atoms with E-state index >= 15 is 0 Å². The van der Waals surface area contributed by atoms with E-state index < -0.39 is 0 Å². The van der Waals surface area contributed by atoms with E-state index in [-0.39, 0.29) is 11.8 Å². The quantitative estimate of drug-likeness (QED) is 0.781. The topological polar surface area (TPSA) is 75.5 Å². The minimum atomic E-state index is -0.249. The molecule has 6 heteroatoms.